The monoisotopic (exact) mass is 481 g/mol. The molecule has 0 aromatic heterocycles. The summed E-state index contributed by atoms with van der Waals surface area (Å²) >= 11 is 6.72. The van der Waals surface area contributed by atoms with Crippen molar-refractivity contribution in [2.24, 2.45) is 0 Å². The number of rotatable bonds is 5. The molecule has 2 aromatic rings. The van der Waals surface area contributed by atoms with E-state index < -0.39 is 34.3 Å². The van der Waals surface area contributed by atoms with Crippen LogP contribution in [0, 0.1) is 11.3 Å². The van der Waals surface area contributed by atoms with Gasteiger partial charge in [0.25, 0.3) is 17.5 Å². The van der Waals surface area contributed by atoms with Gasteiger partial charge in [-0.3, -0.25) is 4.79 Å². The molecule has 12 heteroatoms. The number of thioether (sulfide) groups is 1. The first-order chi connectivity index (χ1) is 14.2. The first-order valence-electron chi connectivity index (χ1n) is 8.29. The Hall–Kier alpha value is -2.58. The summed E-state index contributed by atoms with van der Waals surface area (Å²) in [5, 5.41) is 10.6. The van der Waals surface area contributed by atoms with Crippen molar-refractivity contribution in [1.82, 2.24) is 0 Å². The van der Waals surface area contributed by atoms with Crippen LogP contribution < -0.4 is 11.1 Å². The van der Waals surface area contributed by atoms with Crippen LogP contribution in [0.25, 0.3) is 0 Å². The topological polar surface area (TPSA) is 78.9 Å². The Balaban J connectivity index is 2.54. The summed E-state index contributed by atoms with van der Waals surface area (Å²) in [5.74, 6) is -5.60. The molecule has 0 radical (unpaired) electrons. The Bertz CT molecular complexity index is 1050. The van der Waals surface area contributed by atoms with Crippen LogP contribution in [0.2, 0.25) is 5.02 Å². The van der Waals surface area contributed by atoms with Crippen molar-refractivity contribution in [3.8, 4) is 6.07 Å². The van der Waals surface area contributed by atoms with Crippen molar-refractivity contribution < 1.29 is 31.1 Å². The minimum Gasteiger partial charge on any atom is -0.398 e. The average molecular weight is 482 g/mol. The number of nitrogen functional groups attached to an aromatic ring is 1. The van der Waals surface area contributed by atoms with Crippen LogP contribution in [-0.2, 0) is 5.67 Å². The number of nitrogens with two attached hydrogens (primary N) is 1. The van der Waals surface area contributed by atoms with Gasteiger partial charge in [-0.2, -0.15) is 18.4 Å². The smallest absolute Gasteiger partial charge is 0.398 e. The number of anilines is 2. The SMILES string of the molecule is CSc1cc(C(F)(C(C)(F)F)C(F)(F)F)cc(Cl)c1NC(=O)c1ccc(C#N)c(N)c1. The molecule has 1 unspecified atom stereocenters. The fourth-order valence-corrected chi connectivity index (χ4v) is 3.65. The van der Waals surface area contributed by atoms with Gasteiger partial charge in [-0.05, 0) is 36.6 Å². The summed E-state index contributed by atoms with van der Waals surface area (Å²) in [6.07, 6.45) is -4.56. The number of hydrogen-bond acceptors (Lipinski definition) is 4. The average Bonchev–Trinajstić information content (AvgIpc) is 2.66. The van der Waals surface area contributed by atoms with Gasteiger partial charge in [-0.15, -0.1) is 11.8 Å². The lowest BCUT2D eigenvalue weighted by molar-refractivity contribution is -0.304. The van der Waals surface area contributed by atoms with E-state index in [0.717, 1.165) is 11.8 Å². The van der Waals surface area contributed by atoms with Gasteiger partial charge in [0.2, 0.25) is 0 Å². The van der Waals surface area contributed by atoms with Gasteiger partial charge >= 0.3 is 6.18 Å². The second-order valence-electron chi connectivity index (χ2n) is 6.45. The third-order valence-corrected chi connectivity index (χ3v) is 5.40. The summed E-state index contributed by atoms with van der Waals surface area (Å²) < 4.78 is 82.0. The zero-order valence-electron chi connectivity index (χ0n) is 15.9. The van der Waals surface area contributed by atoms with E-state index >= 15 is 0 Å². The molecule has 4 nitrogen and oxygen atoms in total. The van der Waals surface area contributed by atoms with Crippen molar-refractivity contribution in [3.63, 3.8) is 0 Å². The minimum atomic E-state index is -5.94. The van der Waals surface area contributed by atoms with Crippen LogP contribution in [0.3, 0.4) is 0 Å². The fraction of sp³-hybridized carbons (Fsp3) is 0.263. The van der Waals surface area contributed by atoms with Crippen LogP contribution in [0.15, 0.2) is 35.2 Å². The molecule has 0 aliphatic heterocycles. The number of carbonyl (C=O) groups excluding carboxylic acids is 1. The van der Waals surface area contributed by atoms with Crippen molar-refractivity contribution in [2.45, 2.75) is 29.6 Å². The standard InChI is InChI=1S/C19H14ClF6N3OS/c1-17(21,22)18(23,19(24,25)26)11-6-12(20)15(14(7-11)31-2)29-16(30)9-3-4-10(8-27)13(28)5-9/h3-7H,28H2,1-2H3,(H,29,30). The number of nitrogens with one attached hydrogen (secondary N) is 1. The van der Waals surface area contributed by atoms with Crippen molar-refractivity contribution in [3.05, 3.63) is 52.0 Å². The third kappa shape index (κ3) is 4.55. The van der Waals surface area contributed by atoms with Crippen LogP contribution in [0.5, 0.6) is 0 Å². The van der Waals surface area contributed by atoms with Crippen LogP contribution >= 0.6 is 23.4 Å². The highest BCUT2D eigenvalue weighted by atomic mass is 35.5. The summed E-state index contributed by atoms with van der Waals surface area (Å²) in [6, 6.07) is 6.53. The molecule has 0 saturated heterocycles. The highest BCUT2D eigenvalue weighted by Gasteiger charge is 2.70. The molecule has 166 valence electrons. The van der Waals surface area contributed by atoms with E-state index in [0.29, 0.717) is 12.1 Å². The minimum absolute atomic E-state index is 0.00100. The van der Waals surface area contributed by atoms with E-state index in [9.17, 15) is 31.1 Å². The molecule has 0 bridgehead atoms. The van der Waals surface area contributed by atoms with E-state index in [-0.39, 0.29) is 34.3 Å². The molecule has 0 fully saturated rings. The number of nitriles is 1. The number of amides is 1. The van der Waals surface area contributed by atoms with Crippen molar-refractivity contribution >= 4 is 40.6 Å². The molecule has 1 atom stereocenters. The second kappa shape index (κ2) is 8.51. The number of halogens is 7. The lowest BCUT2D eigenvalue weighted by Gasteiger charge is -2.33. The number of nitrogens with zero attached hydrogens (tertiary/aromatic N) is 1. The van der Waals surface area contributed by atoms with Gasteiger partial charge in [0.05, 0.1) is 22.0 Å². The highest BCUT2D eigenvalue weighted by molar-refractivity contribution is 7.98. The molecule has 0 spiro atoms. The highest BCUT2D eigenvalue weighted by Crippen LogP contribution is 2.54. The molecular formula is C19H14ClF6N3OS. The van der Waals surface area contributed by atoms with Gasteiger partial charge in [0.15, 0.2) is 0 Å². The van der Waals surface area contributed by atoms with E-state index in [1.54, 1.807) is 0 Å². The van der Waals surface area contributed by atoms with Gasteiger partial charge in [0, 0.05) is 22.9 Å². The number of alkyl halides is 6. The molecule has 0 heterocycles. The van der Waals surface area contributed by atoms with E-state index in [1.165, 1.54) is 24.5 Å². The second-order valence-corrected chi connectivity index (χ2v) is 7.70. The van der Waals surface area contributed by atoms with E-state index in [4.69, 9.17) is 22.6 Å². The molecule has 2 rings (SSSR count). The molecule has 3 N–H and O–H groups in total. The van der Waals surface area contributed by atoms with Crippen molar-refractivity contribution in [1.29, 1.82) is 5.26 Å². The van der Waals surface area contributed by atoms with Crippen LogP contribution in [0.1, 0.15) is 28.4 Å². The van der Waals surface area contributed by atoms with Crippen LogP contribution in [0.4, 0.5) is 37.7 Å². The van der Waals surface area contributed by atoms with Gasteiger partial charge < -0.3 is 11.1 Å². The Kier molecular flexibility index (Phi) is 6.78. The predicted octanol–water partition coefficient (Wildman–Crippen LogP) is 6.15. The summed E-state index contributed by atoms with van der Waals surface area (Å²) in [6.45, 7) is -0.182. The maximum atomic E-state index is 14.7. The zero-order valence-corrected chi connectivity index (χ0v) is 17.4. The first kappa shape index (κ1) is 24.7. The lowest BCUT2D eigenvalue weighted by atomic mass is 9.89. The molecule has 0 aliphatic carbocycles. The summed E-state index contributed by atoms with van der Waals surface area (Å²) in [5.41, 5.74) is -0.822. The van der Waals surface area contributed by atoms with Gasteiger partial charge in [0.1, 0.15) is 6.07 Å². The quantitative estimate of drug-likeness (QED) is 0.305. The molecule has 0 saturated carbocycles. The molecule has 1 amide bonds. The number of benzene rings is 2. The van der Waals surface area contributed by atoms with E-state index in [1.807, 2.05) is 6.07 Å². The third-order valence-electron chi connectivity index (χ3n) is 4.34. The maximum Gasteiger partial charge on any atom is 0.432 e. The Morgan fingerprint density at radius 2 is 1.77 bits per heavy atom. The maximum absolute atomic E-state index is 14.7. The predicted molar refractivity (Wildman–Crippen MR) is 106 cm³/mol. The first-order valence-corrected chi connectivity index (χ1v) is 9.90. The van der Waals surface area contributed by atoms with Crippen molar-refractivity contribution in [2.75, 3.05) is 17.3 Å². The number of carbonyl (C=O) groups is 1. The summed E-state index contributed by atoms with van der Waals surface area (Å²) in [4.78, 5) is 12.3. The van der Waals surface area contributed by atoms with Gasteiger partial charge in [-0.25, -0.2) is 13.2 Å². The Labute approximate surface area is 182 Å². The normalized spacial score (nSPS) is 13.9. The molecule has 0 aliphatic rings. The fourth-order valence-electron chi connectivity index (χ4n) is 2.72. The molecular weight excluding hydrogens is 468 g/mol. The Morgan fingerprint density at radius 3 is 2.23 bits per heavy atom. The lowest BCUT2D eigenvalue weighted by Crippen LogP contribution is -2.51. The molecule has 2 aromatic carbocycles. The molecule has 31 heavy (non-hydrogen) atoms. The van der Waals surface area contributed by atoms with E-state index in [2.05, 4.69) is 5.32 Å². The summed E-state index contributed by atoms with van der Waals surface area (Å²) in [7, 11) is 0. The Morgan fingerprint density at radius 1 is 1.16 bits per heavy atom. The largest absolute Gasteiger partial charge is 0.432 e. The van der Waals surface area contributed by atoms with Crippen LogP contribution in [-0.4, -0.2) is 24.3 Å². The number of hydrogen-bond donors (Lipinski definition) is 2. The van der Waals surface area contributed by atoms with Gasteiger partial charge in [-0.1, -0.05) is 11.6 Å². The zero-order chi connectivity index (χ0) is 23.8.